The Balaban J connectivity index is 1.73. The van der Waals surface area contributed by atoms with Gasteiger partial charge in [-0.25, -0.2) is 4.68 Å². The molecular weight excluding hydrogens is 392 g/mol. The molecule has 0 radical (unpaired) electrons. The summed E-state index contributed by atoms with van der Waals surface area (Å²) in [5.74, 6) is 0.605. The lowest BCUT2D eigenvalue weighted by molar-refractivity contribution is -0.120. The van der Waals surface area contributed by atoms with Crippen molar-refractivity contribution in [1.82, 2.24) is 14.3 Å². The van der Waals surface area contributed by atoms with Crippen LogP contribution in [0.25, 0.3) is 5.69 Å². The second-order valence-corrected chi connectivity index (χ2v) is 7.59. The fraction of sp³-hybridized carbons (Fsp3) is 0.333. The normalized spacial score (nSPS) is 12.1. The van der Waals surface area contributed by atoms with Gasteiger partial charge in [0.15, 0.2) is 0 Å². The summed E-state index contributed by atoms with van der Waals surface area (Å²) >= 11 is 0. The number of rotatable bonds is 8. The number of hydrogen-bond acceptors (Lipinski definition) is 4. The van der Waals surface area contributed by atoms with Crippen LogP contribution in [0.1, 0.15) is 25.1 Å². The number of para-hydroxylation sites is 1. The Kier molecular flexibility index (Phi) is 6.97. The number of carbonyl (C=O) groups is 1. The van der Waals surface area contributed by atoms with E-state index in [1.807, 2.05) is 87.3 Å². The first-order valence-corrected chi connectivity index (χ1v) is 10.4. The molecule has 2 aromatic carbocycles. The van der Waals surface area contributed by atoms with Crippen molar-refractivity contribution in [1.29, 1.82) is 0 Å². The number of likely N-dealkylation sites (N-methyl/N-ethyl adjacent to an activating group) is 1. The molecule has 0 aliphatic rings. The summed E-state index contributed by atoms with van der Waals surface area (Å²) in [6.07, 6.45) is 0. The first-order chi connectivity index (χ1) is 14.8. The molecule has 3 rings (SSSR count). The molecule has 0 aliphatic carbocycles. The van der Waals surface area contributed by atoms with Gasteiger partial charge >= 0.3 is 0 Å². The van der Waals surface area contributed by atoms with Gasteiger partial charge < -0.3 is 10.1 Å². The molecule has 1 aromatic heterocycles. The van der Waals surface area contributed by atoms with Crippen molar-refractivity contribution >= 4 is 11.6 Å². The lowest BCUT2D eigenvalue weighted by Crippen LogP contribution is -2.40. The second kappa shape index (κ2) is 9.66. The lowest BCUT2D eigenvalue weighted by Gasteiger charge is -2.23. The van der Waals surface area contributed by atoms with E-state index in [1.165, 1.54) is 0 Å². The third kappa shape index (κ3) is 4.88. The minimum Gasteiger partial charge on any atom is -0.494 e. The Morgan fingerprint density at radius 2 is 1.77 bits per heavy atom. The van der Waals surface area contributed by atoms with Crippen LogP contribution in [0, 0.1) is 6.92 Å². The third-order valence-corrected chi connectivity index (χ3v) is 5.51. The van der Waals surface area contributed by atoms with Crippen LogP contribution in [0.2, 0.25) is 0 Å². The van der Waals surface area contributed by atoms with Crippen LogP contribution in [-0.2, 0) is 18.4 Å². The average molecular weight is 423 g/mol. The highest BCUT2D eigenvalue weighted by molar-refractivity contribution is 5.94. The number of anilines is 1. The van der Waals surface area contributed by atoms with Gasteiger partial charge in [0.25, 0.3) is 5.56 Å². The number of nitrogens with zero attached hydrogens (tertiary/aromatic N) is 3. The molecular formula is C24H30N4O3. The van der Waals surface area contributed by atoms with Crippen LogP contribution in [0.5, 0.6) is 5.75 Å². The van der Waals surface area contributed by atoms with Crippen LogP contribution in [0.15, 0.2) is 59.4 Å². The topological polar surface area (TPSA) is 68.5 Å². The number of carbonyl (C=O) groups excluding carboxylic acids is 1. The highest BCUT2D eigenvalue weighted by Gasteiger charge is 2.23. The van der Waals surface area contributed by atoms with Crippen LogP contribution in [-0.4, -0.2) is 39.9 Å². The molecule has 3 aromatic rings. The maximum atomic E-state index is 13.0. The molecule has 1 N–H and O–H groups in total. The fourth-order valence-electron chi connectivity index (χ4n) is 3.42. The molecule has 1 atom stereocenters. The standard InChI is InChI=1S/C24H30N4O3/c1-6-31-21-14-12-19(13-15-21)16-26(4)18(3)23(29)25-22-17(2)27(5)28(24(22)30)20-10-8-7-9-11-20/h7-15,18H,6,16H2,1-5H3,(H,25,29). The molecule has 1 amide bonds. The largest absolute Gasteiger partial charge is 0.494 e. The van der Waals surface area contributed by atoms with Crippen LogP contribution >= 0.6 is 0 Å². The zero-order chi connectivity index (χ0) is 22.5. The van der Waals surface area contributed by atoms with Gasteiger partial charge in [-0.2, -0.15) is 0 Å². The quantitative estimate of drug-likeness (QED) is 0.605. The zero-order valence-corrected chi connectivity index (χ0v) is 18.8. The Labute approximate surface area is 182 Å². The molecule has 7 heteroatoms. The van der Waals surface area contributed by atoms with E-state index in [4.69, 9.17) is 4.74 Å². The van der Waals surface area contributed by atoms with Gasteiger partial charge in [0.2, 0.25) is 5.91 Å². The smallest absolute Gasteiger partial charge is 0.295 e. The van der Waals surface area contributed by atoms with E-state index in [1.54, 1.807) is 16.4 Å². The number of hydrogen-bond donors (Lipinski definition) is 1. The van der Waals surface area contributed by atoms with E-state index >= 15 is 0 Å². The zero-order valence-electron chi connectivity index (χ0n) is 18.8. The van der Waals surface area contributed by atoms with Crippen LogP contribution in [0.3, 0.4) is 0 Å². The van der Waals surface area contributed by atoms with E-state index < -0.39 is 6.04 Å². The molecule has 164 valence electrons. The second-order valence-electron chi connectivity index (χ2n) is 7.59. The molecule has 31 heavy (non-hydrogen) atoms. The highest BCUT2D eigenvalue weighted by atomic mass is 16.5. The maximum Gasteiger partial charge on any atom is 0.295 e. The molecule has 0 spiro atoms. The van der Waals surface area contributed by atoms with Crippen molar-refractivity contribution in [2.75, 3.05) is 19.0 Å². The van der Waals surface area contributed by atoms with Gasteiger partial charge in [0.05, 0.1) is 24.0 Å². The summed E-state index contributed by atoms with van der Waals surface area (Å²) in [7, 11) is 3.70. The van der Waals surface area contributed by atoms with Gasteiger partial charge in [0, 0.05) is 13.6 Å². The third-order valence-electron chi connectivity index (χ3n) is 5.51. The number of amides is 1. The Hall–Kier alpha value is -3.32. The SMILES string of the molecule is CCOc1ccc(CN(C)C(C)C(=O)Nc2c(C)n(C)n(-c3ccccc3)c2=O)cc1. The van der Waals surface area contributed by atoms with Crippen molar-refractivity contribution < 1.29 is 9.53 Å². The summed E-state index contributed by atoms with van der Waals surface area (Å²) in [5.41, 5.74) is 2.58. The Morgan fingerprint density at radius 1 is 1.13 bits per heavy atom. The van der Waals surface area contributed by atoms with Gasteiger partial charge in [0.1, 0.15) is 11.4 Å². The monoisotopic (exact) mass is 422 g/mol. The predicted octanol–water partition coefficient (Wildman–Crippen LogP) is 3.34. The molecule has 0 fully saturated rings. The number of benzene rings is 2. The van der Waals surface area contributed by atoms with Crippen molar-refractivity contribution in [3.05, 3.63) is 76.2 Å². The summed E-state index contributed by atoms with van der Waals surface area (Å²) in [6.45, 7) is 6.83. The van der Waals surface area contributed by atoms with E-state index in [9.17, 15) is 9.59 Å². The fourth-order valence-corrected chi connectivity index (χ4v) is 3.42. The van der Waals surface area contributed by atoms with E-state index in [0.29, 0.717) is 24.5 Å². The van der Waals surface area contributed by atoms with Gasteiger partial charge in [-0.15, -0.1) is 0 Å². The van der Waals surface area contributed by atoms with Crippen molar-refractivity contribution in [3.8, 4) is 11.4 Å². The summed E-state index contributed by atoms with van der Waals surface area (Å²) in [5, 5.41) is 2.85. The average Bonchev–Trinajstić information content (AvgIpc) is 2.98. The first-order valence-electron chi connectivity index (χ1n) is 10.4. The van der Waals surface area contributed by atoms with Crippen molar-refractivity contribution in [2.24, 2.45) is 7.05 Å². The van der Waals surface area contributed by atoms with Crippen LogP contribution in [0.4, 0.5) is 5.69 Å². The Morgan fingerprint density at radius 3 is 2.39 bits per heavy atom. The van der Waals surface area contributed by atoms with E-state index in [2.05, 4.69) is 5.32 Å². The van der Waals surface area contributed by atoms with Gasteiger partial charge in [-0.05, 0) is 57.6 Å². The maximum absolute atomic E-state index is 13.0. The molecule has 7 nitrogen and oxygen atoms in total. The summed E-state index contributed by atoms with van der Waals surface area (Å²) in [6, 6.07) is 16.8. The minimum absolute atomic E-state index is 0.223. The molecule has 1 heterocycles. The van der Waals surface area contributed by atoms with Gasteiger partial charge in [-0.3, -0.25) is 19.2 Å². The molecule has 0 saturated carbocycles. The van der Waals surface area contributed by atoms with Crippen LogP contribution < -0.4 is 15.6 Å². The molecule has 0 aliphatic heterocycles. The lowest BCUT2D eigenvalue weighted by atomic mass is 10.1. The van der Waals surface area contributed by atoms with Crippen molar-refractivity contribution in [3.63, 3.8) is 0 Å². The Bertz CT molecular complexity index is 1080. The molecule has 0 saturated heterocycles. The highest BCUT2D eigenvalue weighted by Crippen LogP contribution is 2.16. The summed E-state index contributed by atoms with van der Waals surface area (Å²) in [4.78, 5) is 27.9. The predicted molar refractivity (Wildman–Crippen MR) is 123 cm³/mol. The first kappa shape index (κ1) is 22.4. The summed E-state index contributed by atoms with van der Waals surface area (Å²) < 4.78 is 8.78. The molecule has 0 bridgehead atoms. The van der Waals surface area contributed by atoms with Gasteiger partial charge in [-0.1, -0.05) is 30.3 Å². The minimum atomic E-state index is -0.421. The van der Waals surface area contributed by atoms with Crippen molar-refractivity contribution in [2.45, 2.75) is 33.4 Å². The number of aromatic nitrogens is 2. The molecule has 1 unspecified atom stereocenters. The number of ether oxygens (including phenoxy) is 1. The van der Waals surface area contributed by atoms with E-state index in [-0.39, 0.29) is 11.5 Å². The number of nitrogens with one attached hydrogen (secondary N) is 1. The van der Waals surface area contributed by atoms with E-state index in [0.717, 1.165) is 17.0 Å².